The number of aliphatic hydroxyl groups is 1. The van der Waals surface area contributed by atoms with E-state index in [4.69, 9.17) is 14.6 Å². The predicted octanol–water partition coefficient (Wildman–Crippen LogP) is 4.94. The minimum absolute atomic E-state index is 0.0983. The number of carbonyl (C=O) groups excluding carboxylic acids is 2. The standard InChI is InChI=1S/C18H28O3S.C15H14N2O5S/c1-3-4-5-6-7-8-11-22(19)15(2)12-16-9-10-17-18(13-16)21-14-20-17;18-9-7-23-14-11(13(20)17(14)12(9)15(21)22)16-10(19)6-8-4-2-1-3-5-8/h9-10,13,15H,3-8,11-12,14H2,1-2H3;1-5,11,14,18H,6-7H2,(H,16,19)(H,21,22)/t;11?,14-/m.1/s1. The fraction of sp³-hybridized carbons (Fsp3) is 0.485. The van der Waals surface area contributed by atoms with Crippen LogP contribution in [0.1, 0.15) is 63.5 Å². The Bertz CT molecular complexity index is 1400. The lowest BCUT2D eigenvalue weighted by Crippen LogP contribution is -2.70. The number of hydrogen-bond donors (Lipinski definition) is 3. The smallest absolute Gasteiger partial charge is 0.356 e. The molecule has 0 radical (unpaired) electrons. The first-order chi connectivity index (χ1) is 21.7. The van der Waals surface area contributed by atoms with Gasteiger partial charge in [0.1, 0.15) is 17.2 Å². The van der Waals surface area contributed by atoms with Gasteiger partial charge in [-0.15, -0.1) is 11.8 Å². The van der Waals surface area contributed by atoms with Crippen molar-refractivity contribution in [2.45, 2.75) is 81.9 Å². The molecule has 4 atom stereocenters. The van der Waals surface area contributed by atoms with Crippen LogP contribution in [0.4, 0.5) is 0 Å². The number of unbranched alkanes of at least 4 members (excludes halogenated alkanes) is 5. The number of benzene rings is 2. The van der Waals surface area contributed by atoms with E-state index in [2.05, 4.69) is 19.2 Å². The monoisotopic (exact) mass is 658 g/mol. The third-order valence-electron chi connectivity index (χ3n) is 7.78. The van der Waals surface area contributed by atoms with E-state index < -0.39 is 39.8 Å². The molecule has 2 amide bonds. The first-order valence-electron chi connectivity index (χ1n) is 15.4. The average molecular weight is 659 g/mol. The molecule has 2 aromatic rings. The van der Waals surface area contributed by atoms with Gasteiger partial charge in [0.15, 0.2) is 17.2 Å². The number of amides is 2. The highest BCUT2D eigenvalue weighted by Gasteiger charge is 2.54. The highest BCUT2D eigenvalue weighted by molar-refractivity contribution is 8.00. The number of β-lactam (4-membered cyclic amide) rings is 1. The summed E-state index contributed by atoms with van der Waals surface area (Å²) in [5, 5.41) is 21.1. The number of rotatable bonds is 14. The third kappa shape index (κ3) is 9.26. The number of hydrogen-bond acceptors (Lipinski definition) is 8. The highest BCUT2D eigenvalue weighted by atomic mass is 32.2. The third-order valence-corrected chi connectivity index (χ3v) is 10.8. The van der Waals surface area contributed by atoms with Gasteiger partial charge >= 0.3 is 5.97 Å². The van der Waals surface area contributed by atoms with Gasteiger partial charge in [-0.25, -0.2) is 4.79 Å². The second-order valence-electron chi connectivity index (χ2n) is 11.3. The molecule has 2 aromatic carbocycles. The van der Waals surface area contributed by atoms with Gasteiger partial charge in [0, 0.05) is 21.8 Å². The minimum atomic E-state index is -1.35. The van der Waals surface area contributed by atoms with Gasteiger partial charge in [0.05, 0.1) is 12.2 Å². The zero-order chi connectivity index (χ0) is 32.3. The average Bonchev–Trinajstić information content (AvgIpc) is 3.50. The molecule has 1 fully saturated rings. The van der Waals surface area contributed by atoms with Crippen LogP contribution in [-0.4, -0.2) is 72.1 Å². The first-order valence-corrected chi connectivity index (χ1v) is 17.8. The fourth-order valence-corrected chi connectivity index (χ4v) is 7.80. The number of fused-ring (bicyclic) bond motifs is 2. The van der Waals surface area contributed by atoms with Crippen molar-refractivity contribution in [2.24, 2.45) is 0 Å². The Hall–Kier alpha value is -3.51. The molecule has 3 aliphatic rings. The molecular formula is C33H42N2O8S2. The van der Waals surface area contributed by atoms with Gasteiger partial charge in [-0.3, -0.25) is 18.7 Å². The maximum atomic E-state index is 12.3. The Morgan fingerprint density at radius 2 is 1.76 bits per heavy atom. The number of carboxylic acids is 1. The van der Waals surface area contributed by atoms with E-state index in [1.807, 2.05) is 48.5 Å². The highest BCUT2D eigenvalue weighted by Crippen LogP contribution is 2.39. The summed E-state index contributed by atoms with van der Waals surface area (Å²) in [4.78, 5) is 36.4. The summed E-state index contributed by atoms with van der Waals surface area (Å²) in [6.07, 6.45) is 8.47. The van der Waals surface area contributed by atoms with Crippen molar-refractivity contribution >= 4 is 40.3 Å². The molecule has 244 valence electrons. The Balaban J connectivity index is 0.000000205. The Morgan fingerprint density at radius 3 is 2.49 bits per heavy atom. The van der Waals surface area contributed by atoms with Crippen molar-refractivity contribution in [3.8, 4) is 11.5 Å². The molecule has 0 aromatic heterocycles. The number of carboxylic acid groups (broad SMARTS) is 1. The molecule has 45 heavy (non-hydrogen) atoms. The Kier molecular flexibility index (Phi) is 12.8. The number of nitrogens with one attached hydrogen (secondary N) is 1. The van der Waals surface area contributed by atoms with Crippen LogP contribution in [0.15, 0.2) is 60.0 Å². The number of carbonyl (C=O) groups is 3. The Labute approximate surface area is 271 Å². The summed E-state index contributed by atoms with van der Waals surface area (Å²) >= 11 is 1.22. The van der Waals surface area contributed by atoms with E-state index in [9.17, 15) is 23.7 Å². The molecular weight excluding hydrogens is 617 g/mol. The molecule has 12 heteroatoms. The summed E-state index contributed by atoms with van der Waals surface area (Å²) in [7, 11) is -0.743. The van der Waals surface area contributed by atoms with E-state index >= 15 is 0 Å². The summed E-state index contributed by atoms with van der Waals surface area (Å²) < 4.78 is 23.0. The van der Waals surface area contributed by atoms with Crippen molar-refractivity contribution in [1.82, 2.24) is 10.2 Å². The van der Waals surface area contributed by atoms with Crippen LogP contribution in [-0.2, 0) is 38.0 Å². The van der Waals surface area contributed by atoms with Crippen molar-refractivity contribution in [3.05, 3.63) is 71.1 Å². The van der Waals surface area contributed by atoms with Crippen molar-refractivity contribution in [1.29, 1.82) is 0 Å². The quantitative estimate of drug-likeness (QED) is 0.190. The van der Waals surface area contributed by atoms with E-state index in [0.717, 1.165) is 40.6 Å². The molecule has 3 heterocycles. The van der Waals surface area contributed by atoms with Crippen LogP contribution in [0.25, 0.3) is 0 Å². The van der Waals surface area contributed by atoms with Crippen LogP contribution in [0, 0.1) is 0 Å². The van der Waals surface area contributed by atoms with Gasteiger partial charge in [-0.1, -0.05) is 82.3 Å². The lowest BCUT2D eigenvalue weighted by Gasteiger charge is -2.48. The van der Waals surface area contributed by atoms with Crippen LogP contribution in [0.2, 0.25) is 0 Å². The van der Waals surface area contributed by atoms with E-state index in [-0.39, 0.29) is 29.1 Å². The SMILES string of the molecule is CCCCCCCCS(=O)C(C)Cc1ccc2c(c1)OCO2.O=C(Cc1ccccc1)NC1C(=O)N2C(C(=O)O)=C(O)CS[C@H]12. The van der Waals surface area contributed by atoms with Gasteiger partial charge in [0.25, 0.3) is 5.91 Å². The topological polar surface area (TPSA) is 142 Å². The molecule has 10 nitrogen and oxygen atoms in total. The lowest BCUT2D eigenvalue weighted by atomic mass is 10.0. The zero-order valence-corrected chi connectivity index (χ0v) is 27.4. The molecule has 0 saturated carbocycles. The number of ether oxygens (including phenoxy) is 2. The van der Waals surface area contributed by atoms with E-state index in [1.165, 1.54) is 49.4 Å². The van der Waals surface area contributed by atoms with Gasteiger partial charge in [0.2, 0.25) is 12.7 Å². The first kappa shape index (κ1) is 34.4. The molecule has 5 rings (SSSR count). The maximum absolute atomic E-state index is 12.3. The van der Waals surface area contributed by atoms with Crippen LogP contribution < -0.4 is 14.8 Å². The summed E-state index contributed by atoms with van der Waals surface area (Å²) in [5.74, 6) is 0.0457. The van der Waals surface area contributed by atoms with Crippen LogP contribution in [0.5, 0.6) is 11.5 Å². The number of aliphatic hydroxyl groups excluding tert-OH is 1. The molecule has 1 saturated heterocycles. The van der Waals surface area contributed by atoms with Gasteiger partial charge < -0.3 is 25.0 Å². The summed E-state index contributed by atoms with van der Waals surface area (Å²) in [6.45, 7) is 4.61. The van der Waals surface area contributed by atoms with Crippen LogP contribution >= 0.6 is 11.8 Å². The Morgan fingerprint density at radius 1 is 1.04 bits per heavy atom. The molecule has 3 N–H and O–H groups in total. The summed E-state index contributed by atoms with van der Waals surface area (Å²) in [6, 6.07) is 14.4. The second-order valence-corrected chi connectivity index (χ2v) is 14.4. The van der Waals surface area contributed by atoms with Crippen molar-refractivity contribution < 1.29 is 38.3 Å². The molecule has 3 aliphatic heterocycles. The van der Waals surface area contributed by atoms with E-state index in [0.29, 0.717) is 6.79 Å². The molecule has 0 spiro atoms. The lowest BCUT2D eigenvalue weighted by molar-refractivity contribution is -0.151. The number of aliphatic carboxylic acids is 1. The van der Waals surface area contributed by atoms with Crippen LogP contribution in [0.3, 0.4) is 0 Å². The maximum Gasteiger partial charge on any atom is 0.356 e. The van der Waals surface area contributed by atoms with Crippen molar-refractivity contribution in [3.63, 3.8) is 0 Å². The van der Waals surface area contributed by atoms with Crippen molar-refractivity contribution in [2.75, 3.05) is 18.3 Å². The second kappa shape index (κ2) is 16.7. The predicted molar refractivity (Wildman–Crippen MR) is 175 cm³/mol. The van der Waals surface area contributed by atoms with Gasteiger partial charge in [-0.05, 0) is 36.1 Å². The fourth-order valence-electron chi connectivity index (χ4n) is 5.33. The molecule has 0 bridgehead atoms. The normalized spacial score (nSPS) is 19.5. The zero-order valence-electron chi connectivity index (χ0n) is 25.7. The minimum Gasteiger partial charge on any atom is -0.509 e. The molecule has 3 unspecified atom stereocenters. The largest absolute Gasteiger partial charge is 0.509 e. The van der Waals surface area contributed by atoms with E-state index in [1.54, 1.807) is 0 Å². The van der Waals surface area contributed by atoms with Gasteiger partial charge in [-0.2, -0.15) is 0 Å². The summed E-state index contributed by atoms with van der Waals surface area (Å²) in [5.41, 5.74) is 1.61. The number of thioether (sulfide) groups is 1. The molecule has 0 aliphatic carbocycles. The number of nitrogens with zero attached hydrogens (tertiary/aromatic N) is 1.